The van der Waals surface area contributed by atoms with Crippen molar-refractivity contribution >= 4 is 11.9 Å². The predicted molar refractivity (Wildman–Crippen MR) is 78.8 cm³/mol. The molecule has 0 saturated carbocycles. The fourth-order valence-electron chi connectivity index (χ4n) is 1.99. The average molecular weight is 377 g/mol. The summed E-state index contributed by atoms with van der Waals surface area (Å²) in [6.07, 6.45) is -8.13. The van der Waals surface area contributed by atoms with E-state index < -0.39 is 60.5 Å². The number of hydrogen-bond donors (Lipinski definition) is 2. The van der Waals surface area contributed by atoms with Gasteiger partial charge < -0.3 is 15.2 Å². The summed E-state index contributed by atoms with van der Waals surface area (Å²) in [6, 6.07) is 0. The Kier molecular flexibility index (Phi) is 7.81. The van der Waals surface area contributed by atoms with Crippen LogP contribution in [0, 0.1) is 11.8 Å². The van der Waals surface area contributed by atoms with Gasteiger partial charge in [0.2, 0.25) is 0 Å². The molecule has 0 bridgehead atoms. The molecule has 0 saturated heterocycles. The Labute approximate surface area is 142 Å². The summed E-state index contributed by atoms with van der Waals surface area (Å²) in [7, 11) is 0. The third-order valence-electron chi connectivity index (χ3n) is 3.21. The van der Waals surface area contributed by atoms with Crippen molar-refractivity contribution in [2.75, 3.05) is 6.54 Å². The van der Waals surface area contributed by atoms with Gasteiger partial charge in [-0.05, 0) is 26.7 Å². The summed E-state index contributed by atoms with van der Waals surface area (Å²) in [4.78, 5) is 23.2. The Balaban J connectivity index is 5.14. The van der Waals surface area contributed by atoms with Crippen LogP contribution in [0.2, 0.25) is 0 Å². The van der Waals surface area contributed by atoms with Crippen LogP contribution in [0.1, 0.15) is 41.0 Å². The van der Waals surface area contributed by atoms with Gasteiger partial charge >= 0.3 is 18.1 Å². The summed E-state index contributed by atoms with van der Waals surface area (Å²) >= 11 is 0. The molecule has 2 atom stereocenters. The second-order valence-electron chi connectivity index (χ2n) is 7.06. The molecular weight excluding hydrogens is 353 g/mol. The maximum atomic E-state index is 14.0. The highest BCUT2D eigenvalue weighted by molar-refractivity contribution is 5.84. The molecule has 0 aliphatic rings. The lowest BCUT2D eigenvalue weighted by molar-refractivity contribution is -0.181. The number of carbonyl (C=O) groups is 2. The molecule has 0 heterocycles. The van der Waals surface area contributed by atoms with Crippen molar-refractivity contribution in [1.82, 2.24) is 5.32 Å². The summed E-state index contributed by atoms with van der Waals surface area (Å²) in [5, 5.41) is 10.9. The van der Waals surface area contributed by atoms with Gasteiger partial charge in [-0.15, -0.1) is 0 Å². The molecule has 0 aromatic heterocycles. The first-order chi connectivity index (χ1) is 11.0. The number of hydrogen-bond acceptors (Lipinski definition) is 4. The quantitative estimate of drug-likeness (QED) is 0.528. The van der Waals surface area contributed by atoms with Crippen molar-refractivity contribution in [2.45, 2.75) is 64.8 Å². The lowest BCUT2D eigenvalue weighted by Crippen LogP contribution is -2.54. The van der Waals surface area contributed by atoms with E-state index in [1.807, 2.05) is 0 Å². The monoisotopic (exact) mass is 377 g/mol. The molecule has 148 valence electrons. The molecule has 1 amide bonds. The molecule has 5 nitrogen and oxygen atoms in total. The molecule has 2 N–H and O–H groups in total. The van der Waals surface area contributed by atoms with Crippen molar-refractivity contribution in [3.05, 3.63) is 0 Å². The van der Waals surface area contributed by atoms with Gasteiger partial charge in [0.15, 0.2) is 0 Å². The largest absolute Gasteiger partial charge is 0.460 e. The molecule has 0 aliphatic carbocycles. The summed E-state index contributed by atoms with van der Waals surface area (Å²) < 4.78 is 69.1. The minimum absolute atomic E-state index is 0.613. The molecule has 0 fully saturated rings. The second-order valence-corrected chi connectivity index (χ2v) is 7.06. The lowest BCUT2D eigenvalue weighted by atomic mass is 9.84. The van der Waals surface area contributed by atoms with Crippen LogP contribution in [0.5, 0.6) is 0 Å². The molecule has 10 heteroatoms. The van der Waals surface area contributed by atoms with E-state index in [0.29, 0.717) is 0 Å². The second kappa shape index (κ2) is 8.29. The Bertz CT molecular complexity index is 472. The van der Waals surface area contributed by atoms with Crippen molar-refractivity contribution < 1.29 is 41.4 Å². The van der Waals surface area contributed by atoms with Gasteiger partial charge in [-0.25, -0.2) is 0 Å². The minimum atomic E-state index is -4.87. The van der Waals surface area contributed by atoms with Gasteiger partial charge in [-0.3, -0.25) is 9.59 Å². The van der Waals surface area contributed by atoms with Crippen LogP contribution in [0.3, 0.4) is 0 Å². The van der Waals surface area contributed by atoms with E-state index in [1.54, 1.807) is 20.8 Å². The van der Waals surface area contributed by atoms with E-state index in [4.69, 9.17) is 4.74 Å². The van der Waals surface area contributed by atoms with Crippen molar-refractivity contribution in [3.8, 4) is 0 Å². The molecule has 0 aromatic carbocycles. The van der Waals surface area contributed by atoms with E-state index in [-0.39, 0.29) is 0 Å². The standard InChI is InChI=1S/C15H24F5NO4/c1-8(2)9(6-10(22)25-13(3,4)5)11(23)15(19,20)12(24)21-7-14(16,17)18/h8-9,11,23H,6-7H2,1-5H3,(H,21,24)/t9-,11+/m0/s1. The Morgan fingerprint density at radius 2 is 1.56 bits per heavy atom. The maximum Gasteiger partial charge on any atom is 0.405 e. The van der Waals surface area contributed by atoms with Gasteiger partial charge in [0, 0.05) is 5.92 Å². The van der Waals surface area contributed by atoms with Crippen LogP contribution in [0.15, 0.2) is 0 Å². The van der Waals surface area contributed by atoms with E-state index in [9.17, 15) is 36.6 Å². The lowest BCUT2D eigenvalue weighted by Gasteiger charge is -2.31. The van der Waals surface area contributed by atoms with Crippen LogP contribution in [-0.4, -0.2) is 47.3 Å². The SMILES string of the molecule is CC(C)[C@H](CC(=O)OC(C)(C)C)[C@@H](O)C(F)(F)C(=O)NCC(F)(F)F. The van der Waals surface area contributed by atoms with Crippen molar-refractivity contribution in [3.63, 3.8) is 0 Å². The number of aliphatic hydroxyl groups is 1. The number of esters is 1. The smallest absolute Gasteiger partial charge is 0.405 e. The molecule has 0 spiro atoms. The van der Waals surface area contributed by atoms with Crippen LogP contribution >= 0.6 is 0 Å². The normalized spacial score (nSPS) is 15.7. The Morgan fingerprint density at radius 1 is 1.08 bits per heavy atom. The molecule has 25 heavy (non-hydrogen) atoms. The first-order valence-electron chi connectivity index (χ1n) is 7.60. The van der Waals surface area contributed by atoms with Crippen LogP contribution < -0.4 is 5.32 Å². The predicted octanol–water partition coefficient (Wildman–Crippen LogP) is 2.67. The fourth-order valence-corrected chi connectivity index (χ4v) is 1.99. The minimum Gasteiger partial charge on any atom is -0.460 e. The number of ether oxygens (including phenoxy) is 1. The van der Waals surface area contributed by atoms with Crippen molar-refractivity contribution in [2.24, 2.45) is 11.8 Å². The van der Waals surface area contributed by atoms with Crippen LogP contribution in [0.25, 0.3) is 0 Å². The first kappa shape index (κ1) is 23.5. The zero-order chi connectivity index (χ0) is 20.2. The van der Waals surface area contributed by atoms with Gasteiger partial charge in [0.1, 0.15) is 18.2 Å². The number of halogens is 5. The molecule has 0 radical (unpaired) electrons. The number of nitrogens with one attached hydrogen (secondary N) is 1. The number of carbonyl (C=O) groups excluding carboxylic acids is 2. The number of alkyl halides is 5. The molecule has 0 aromatic rings. The van der Waals surface area contributed by atoms with E-state index in [0.717, 1.165) is 5.32 Å². The zero-order valence-corrected chi connectivity index (χ0v) is 14.7. The third-order valence-corrected chi connectivity index (χ3v) is 3.21. The van der Waals surface area contributed by atoms with Gasteiger partial charge in [0.05, 0.1) is 6.42 Å². The Morgan fingerprint density at radius 3 is 1.92 bits per heavy atom. The molecular formula is C15H24F5NO4. The van der Waals surface area contributed by atoms with Crippen LogP contribution in [-0.2, 0) is 14.3 Å². The number of aliphatic hydroxyl groups excluding tert-OH is 1. The highest BCUT2D eigenvalue weighted by Gasteiger charge is 2.51. The zero-order valence-electron chi connectivity index (χ0n) is 14.7. The average Bonchev–Trinajstić information content (AvgIpc) is 2.38. The van der Waals surface area contributed by atoms with Crippen molar-refractivity contribution in [1.29, 1.82) is 0 Å². The third kappa shape index (κ3) is 8.46. The van der Waals surface area contributed by atoms with Gasteiger partial charge in [0.25, 0.3) is 5.91 Å². The highest BCUT2D eigenvalue weighted by Crippen LogP contribution is 2.32. The van der Waals surface area contributed by atoms with E-state index >= 15 is 0 Å². The van der Waals surface area contributed by atoms with E-state index in [1.165, 1.54) is 13.8 Å². The summed E-state index contributed by atoms with van der Waals surface area (Å²) in [6.45, 7) is 5.59. The Hall–Kier alpha value is -1.45. The summed E-state index contributed by atoms with van der Waals surface area (Å²) in [5.41, 5.74) is -0.879. The summed E-state index contributed by atoms with van der Waals surface area (Å²) in [5.74, 6) is -9.67. The first-order valence-corrected chi connectivity index (χ1v) is 7.60. The van der Waals surface area contributed by atoms with Crippen LogP contribution in [0.4, 0.5) is 22.0 Å². The highest BCUT2D eigenvalue weighted by atomic mass is 19.4. The number of amides is 1. The topological polar surface area (TPSA) is 75.6 Å². The molecule has 0 unspecified atom stereocenters. The van der Waals surface area contributed by atoms with E-state index in [2.05, 4.69) is 0 Å². The van der Waals surface area contributed by atoms with Gasteiger partial charge in [-0.1, -0.05) is 13.8 Å². The maximum absolute atomic E-state index is 14.0. The molecule has 0 rings (SSSR count). The fraction of sp³-hybridized carbons (Fsp3) is 0.867. The molecule has 0 aliphatic heterocycles. The number of rotatable bonds is 7. The van der Waals surface area contributed by atoms with Gasteiger partial charge in [-0.2, -0.15) is 22.0 Å².